The zero-order valence-corrected chi connectivity index (χ0v) is 10.3. The molecule has 0 amide bonds. The molecule has 0 bridgehead atoms. The van der Waals surface area contributed by atoms with Gasteiger partial charge in [0.2, 0.25) is 0 Å². The standard InChI is InChI=1S/C14H18O3/c1-9-6-11-4-3-5-13(17-8-14(15)16)12(11)7-10(9)2/h3-5,9-10H,6-8H2,1-2H3,(H,15,16)/t9-,10+/m0/s1. The van der Waals surface area contributed by atoms with Crippen LogP contribution in [0.3, 0.4) is 0 Å². The molecule has 0 fully saturated rings. The summed E-state index contributed by atoms with van der Waals surface area (Å²) in [6, 6.07) is 5.93. The summed E-state index contributed by atoms with van der Waals surface area (Å²) in [7, 11) is 0. The Labute approximate surface area is 101 Å². The van der Waals surface area contributed by atoms with Gasteiger partial charge in [0.1, 0.15) is 5.75 Å². The highest BCUT2D eigenvalue weighted by Gasteiger charge is 2.24. The van der Waals surface area contributed by atoms with Crippen molar-refractivity contribution < 1.29 is 14.6 Å². The molecule has 1 aliphatic rings. The zero-order chi connectivity index (χ0) is 12.4. The number of benzene rings is 1. The molecule has 0 saturated carbocycles. The molecule has 92 valence electrons. The monoisotopic (exact) mass is 234 g/mol. The average molecular weight is 234 g/mol. The molecule has 17 heavy (non-hydrogen) atoms. The minimum Gasteiger partial charge on any atom is -0.482 e. The molecule has 0 unspecified atom stereocenters. The molecule has 1 aromatic carbocycles. The molecule has 2 atom stereocenters. The lowest BCUT2D eigenvalue weighted by Crippen LogP contribution is -2.22. The van der Waals surface area contributed by atoms with Crippen LogP contribution in [-0.4, -0.2) is 17.7 Å². The number of hydrogen-bond acceptors (Lipinski definition) is 2. The van der Waals surface area contributed by atoms with Gasteiger partial charge in [-0.25, -0.2) is 4.79 Å². The largest absolute Gasteiger partial charge is 0.482 e. The third kappa shape index (κ3) is 2.60. The summed E-state index contributed by atoms with van der Waals surface area (Å²) in [5.74, 6) is 1.11. The highest BCUT2D eigenvalue weighted by atomic mass is 16.5. The Balaban J connectivity index is 2.24. The Kier molecular flexibility index (Phi) is 3.36. The van der Waals surface area contributed by atoms with E-state index in [0.717, 1.165) is 18.6 Å². The van der Waals surface area contributed by atoms with Crippen molar-refractivity contribution in [3.8, 4) is 5.75 Å². The van der Waals surface area contributed by atoms with Crippen LogP contribution in [0.4, 0.5) is 0 Å². The second-order valence-electron chi connectivity index (χ2n) is 4.94. The van der Waals surface area contributed by atoms with E-state index in [1.54, 1.807) is 0 Å². The summed E-state index contributed by atoms with van der Waals surface area (Å²) >= 11 is 0. The van der Waals surface area contributed by atoms with E-state index in [0.29, 0.717) is 11.8 Å². The third-order valence-corrected chi connectivity index (χ3v) is 3.62. The van der Waals surface area contributed by atoms with Gasteiger partial charge in [-0.3, -0.25) is 0 Å². The van der Waals surface area contributed by atoms with E-state index in [-0.39, 0.29) is 6.61 Å². The van der Waals surface area contributed by atoms with Crippen molar-refractivity contribution in [1.29, 1.82) is 0 Å². The fourth-order valence-electron chi connectivity index (χ4n) is 2.38. The maximum atomic E-state index is 10.5. The lowest BCUT2D eigenvalue weighted by molar-refractivity contribution is -0.139. The number of carboxylic acid groups (broad SMARTS) is 1. The van der Waals surface area contributed by atoms with Gasteiger partial charge >= 0.3 is 5.97 Å². The molecule has 0 heterocycles. The fourth-order valence-corrected chi connectivity index (χ4v) is 2.38. The van der Waals surface area contributed by atoms with Crippen LogP contribution in [0.5, 0.6) is 5.75 Å². The number of carboxylic acids is 1. The highest BCUT2D eigenvalue weighted by molar-refractivity contribution is 5.68. The molecule has 1 N–H and O–H groups in total. The van der Waals surface area contributed by atoms with Crippen LogP contribution < -0.4 is 4.74 Å². The van der Waals surface area contributed by atoms with Gasteiger partial charge in [-0.15, -0.1) is 0 Å². The fraction of sp³-hybridized carbons (Fsp3) is 0.500. The summed E-state index contributed by atoms with van der Waals surface area (Å²) < 4.78 is 5.35. The predicted molar refractivity (Wildman–Crippen MR) is 65.3 cm³/mol. The molecule has 1 aromatic rings. The number of aliphatic carboxylic acids is 1. The SMILES string of the molecule is C[C@@H]1Cc2c(cccc2OCC(=O)O)C[C@@H]1C. The van der Waals surface area contributed by atoms with Crippen molar-refractivity contribution in [3.05, 3.63) is 29.3 Å². The number of hydrogen-bond donors (Lipinski definition) is 1. The van der Waals surface area contributed by atoms with Crippen LogP contribution in [0.2, 0.25) is 0 Å². The Morgan fingerprint density at radius 2 is 2.06 bits per heavy atom. The lowest BCUT2D eigenvalue weighted by Gasteiger charge is -2.29. The maximum Gasteiger partial charge on any atom is 0.341 e. The summed E-state index contributed by atoms with van der Waals surface area (Å²) in [6.07, 6.45) is 2.03. The zero-order valence-electron chi connectivity index (χ0n) is 10.3. The molecular formula is C14H18O3. The van der Waals surface area contributed by atoms with Gasteiger partial charge in [-0.1, -0.05) is 26.0 Å². The van der Waals surface area contributed by atoms with Crippen LogP contribution in [0.1, 0.15) is 25.0 Å². The second kappa shape index (κ2) is 4.78. The molecule has 0 aromatic heterocycles. The van der Waals surface area contributed by atoms with Gasteiger partial charge in [0.25, 0.3) is 0 Å². The minimum atomic E-state index is -0.931. The van der Waals surface area contributed by atoms with Crippen molar-refractivity contribution >= 4 is 5.97 Å². The van der Waals surface area contributed by atoms with E-state index >= 15 is 0 Å². The van der Waals surface area contributed by atoms with Crippen LogP contribution in [0.25, 0.3) is 0 Å². The number of carbonyl (C=O) groups is 1. The molecule has 1 aliphatic carbocycles. The van der Waals surface area contributed by atoms with Crippen molar-refractivity contribution in [3.63, 3.8) is 0 Å². The molecule has 2 rings (SSSR count). The van der Waals surface area contributed by atoms with Crippen LogP contribution in [0.15, 0.2) is 18.2 Å². The van der Waals surface area contributed by atoms with Crippen LogP contribution in [0, 0.1) is 11.8 Å². The summed E-state index contributed by atoms with van der Waals surface area (Å²) in [6.45, 7) is 4.24. The van der Waals surface area contributed by atoms with Crippen LogP contribution in [-0.2, 0) is 17.6 Å². The Morgan fingerprint density at radius 3 is 2.76 bits per heavy atom. The van der Waals surface area contributed by atoms with Gasteiger partial charge < -0.3 is 9.84 Å². The number of fused-ring (bicyclic) bond motifs is 1. The van der Waals surface area contributed by atoms with E-state index in [1.807, 2.05) is 12.1 Å². The number of rotatable bonds is 3. The van der Waals surface area contributed by atoms with Crippen molar-refractivity contribution in [2.45, 2.75) is 26.7 Å². The average Bonchev–Trinajstić information content (AvgIpc) is 2.28. The molecular weight excluding hydrogens is 216 g/mol. The maximum absolute atomic E-state index is 10.5. The minimum absolute atomic E-state index is 0.264. The summed E-state index contributed by atoms with van der Waals surface area (Å²) in [5.41, 5.74) is 2.50. The van der Waals surface area contributed by atoms with Crippen molar-refractivity contribution in [2.75, 3.05) is 6.61 Å². The van der Waals surface area contributed by atoms with E-state index in [9.17, 15) is 4.79 Å². The molecule has 3 heteroatoms. The van der Waals surface area contributed by atoms with Gasteiger partial charge in [-0.05, 0) is 41.9 Å². The van der Waals surface area contributed by atoms with Crippen molar-refractivity contribution in [1.82, 2.24) is 0 Å². The second-order valence-corrected chi connectivity index (χ2v) is 4.94. The van der Waals surface area contributed by atoms with E-state index < -0.39 is 5.97 Å². The first-order valence-electron chi connectivity index (χ1n) is 6.03. The lowest BCUT2D eigenvalue weighted by atomic mass is 9.77. The van der Waals surface area contributed by atoms with E-state index in [1.165, 1.54) is 11.1 Å². The van der Waals surface area contributed by atoms with Crippen molar-refractivity contribution in [2.24, 2.45) is 11.8 Å². The smallest absolute Gasteiger partial charge is 0.341 e. The third-order valence-electron chi connectivity index (χ3n) is 3.62. The molecule has 3 nitrogen and oxygen atoms in total. The normalized spacial score (nSPS) is 22.9. The molecule has 0 radical (unpaired) electrons. The molecule has 0 aliphatic heterocycles. The first-order valence-corrected chi connectivity index (χ1v) is 6.03. The van der Waals surface area contributed by atoms with E-state index in [2.05, 4.69) is 19.9 Å². The predicted octanol–water partition coefficient (Wildman–Crippen LogP) is 2.52. The van der Waals surface area contributed by atoms with Gasteiger partial charge in [0.05, 0.1) is 0 Å². The summed E-state index contributed by atoms with van der Waals surface area (Å²) in [5, 5.41) is 8.65. The molecule has 0 saturated heterocycles. The van der Waals surface area contributed by atoms with E-state index in [4.69, 9.17) is 9.84 Å². The topological polar surface area (TPSA) is 46.5 Å². The van der Waals surface area contributed by atoms with Gasteiger partial charge in [0, 0.05) is 0 Å². The molecule has 0 spiro atoms. The Hall–Kier alpha value is -1.51. The number of ether oxygens (including phenoxy) is 1. The van der Waals surface area contributed by atoms with Crippen LogP contribution >= 0.6 is 0 Å². The highest BCUT2D eigenvalue weighted by Crippen LogP contribution is 2.35. The Bertz CT molecular complexity index is 425. The van der Waals surface area contributed by atoms with Gasteiger partial charge in [0.15, 0.2) is 6.61 Å². The quantitative estimate of drug-likeness (QED) is 0.874. The Morgan fingerprint density at radius 1 is 1.35 bits per heavy atom. The first-order chi connectivity index (χ1) is 8.08. The summed E-state index contributed by atoms with van der Waals surface area (Å²) in [4.78, 5) is 10.5. The van der Waals surface area contributed by atoms with Gasteiger partial charge in [-0.2, -0.15) is 0 Å². The first kappa shape index (κ1) is 12.0.